The van der Waals surface area contributed by atoms with Crippen molar-refractivity contribution in [2.24, 2.45) is 0 Å². The van der Waals surface area contributed by atoms with Gasteiger partial charge in [0.25, 0.3) is 0 Å². The highest BCUT2D eigenvalue weighted by atomic mass is 16.5. The predicted molar refractivity (Wildman–Crippen MR) is 96.6 cm³/mol. The third-order valence-electron chi connectivity index (χ3n) is 4.75. The van der Waals surface area contributed by atoms with Crippen molar-refractivity contribution < 1.29 is 14.6 Å². The zero-order valence-corrected chi connectivity index (χ0v) is 14.0. The molecule has 0 atom stereocenters. The fourth-order valence-corrected chi connectivity index (χ4v) is 3.52. The fourth-order valence-electron chi connectivity index (χ4n) is 3.52. The van der Waals surface area contributed by atoms with Crippen molar-refractivity contribution in [1.82, 2.24) is 0 Å². The molecular formula is C22H18O3. The van der Waals surface area contributed by atoms with Gasteiger partial charge < -0.3 is 9.84 Å². The minimum absolute atomic E-state index is 0.0860. The summed E-state index contributed by atoms with van der Waals surface area (Å²) < 4.78 is 5.36. The van der Waals surface area contributed by atoms with E-state index in [-0.39, 0.29) is 11.5 Å². The van der Waals surface area contributed by atoms with Crippen LogP contribution in [0.3, 0.4) is 0 Å². The van der Waals surface area contributed by atoms with Gasteiger partial charge in [0.15, 0.2) is 0 Å². The van der Waals surface area contributed by atoms with Crippen molar-refractivity contribution in [1.29, 1.82) is 0 Å². The highest BCUT2D eigenvalue weighted by molar-refractivity contribution is 6.15. The van der Waals surface area contributed by atoms with Crippen LogP contribution in [0.25, 0.3) is 0 Å². The minimum atomic E-state index is -0.166. The summed E-state index contributed by atoms with van der Waals surface area (Å²) in [5.41, 5.74) is 4.62. The van der Waals surface area contributed by atoms with E-state index in [0.717, 1.165) is 22.3 Å². The Morgan fingerprint density at radius 1 is 0.920 bits per heavy atom. The van der Waals surface area contributed by atoms with Crippen molar-refractivity contribution in [3.63, 3.8) is 0 Å². The van der Waals surface area contributed by atoms with Crippen molar-refractivity contribution in [3.8, 4) is 11.5 Å². The van der Waals surface area contributed by atoms with Crippen LogP contribution in [0.15, 0.2) is 60.7 Å². The number of carbonyl (C=O) groups excluding carboxylic acids is 1. The molecule has 0 aromatic heterocycles. The number of aromatic hydroxyl groups is 1. The average molecular weight is 330 g/mol. The van der Waals surface area contributed by atoms with Crippen LogP contribution in [0.5, 0.6) is 11.5 Å². The molecule has 0 heterocycles. The highest BCUT2D eigenvalue weighted by Gasteiger charge is 2.30. The molecule has 0 amide bonds. The molecule has 0 aliphatic heterocycles. The van der Waals surface area contributed by atoms with Gasteiger partial charge in [0, 0.05) is 6.42 Å². The van der Waals surface area contributed by atoms with Crippen LogP contribution >= 0.6 is 0 Å². The molecule has 3 aromatic carbocycles. The number of ether oxygens (including phenoxy) is 1. The second-order valence-electron chi connectivity index (χ2n) is 6.27. The zero-order valence-electron chi connectivity index (χ0n) is 14.0. The van der Waals surface area contributed by atoms with E-state index in [9.17, 15) is 9.90 Å². The number of methoxy groups -OCH3 is 1. The molecule has 4 rings (SSSR count). The number of fused-ring (bicyclic) bond motifs is 2. The third kappa shape index (κ3) is 2.58. The summed E-state index contributed by atoms with van der Waals surface area (Å²) in [6.45, 7) is 0. The summed E-state index contributed by atoms with van der Waals surface area (Å²) >= 11 is 0. The van der Waals surface area contributed by atoms with Gasteiger partial charge in [0.1, 0.15) is 11.5 Å². The van der Waals surface area contributed by atoms with Gasteiger partial charge in [-0.15, -0.1) is 0 Å². The molecule has 0 bridgehead atoms. The first kappa shape index (κ1) is 15.5. The molecule has 25 heavy (non-hydrogen) atoms. The van der Waals surface area contributed by atoms with Gasteiger partial charge in [-0.2, -0.15) is 0 Å². The summed E-state index contributed by atoms with van der Waals surface area (Å²) in [5, 5.41) is 10.8. The average Bonchev–Trinajstić information content (AvgIpc) is 2.64. The van der Waals surface area contributed by atoms with Crippen LogP contribution in [-0.4, -0.2) is 18.0 Å². The Hall–Kier alpha value is -3.07. The molecular weight excluding hydrogens is 312 g/mol. The Morgan fingerprint density at radius 3 is 2.44 bits per heavy atom. The topological polar surface area (TPSA) is 46.5 Å². The van der Waals surface area contributed by atoms with Crippen molar-refractivity contribution in [2.75, 3.05) is 7.11 Å². The Morgan fingerprint density at radius 2 is 1.68 bits per heavy atom. The Kier molecular flexibility index (Phi) is 3.77. The number of hydrogen-bond donors (Lipinski definition) is 1. The summed E-state index contributed by atoms with van der Waals surface area (Å²) in [6, 6.07) is 19.4. The Balaban J connectivity index is 1.80. The highest BCUT2D eigenvalue weighted by Crippen LogP contribution is 2.38. The molecule has 124 valence electrons. The van der Waals surface area contributed by atoms with Crippen molar-refractivity contribution >= 4 is 5.78 Å². The molecule has 3 nitrogen and oxygen atoms in total. The largest absolute Gasteiger partial charge is 0.507 e. The molecule has 1 aliphatic carbocycles. The van der Waals surface area contributed by atoms with Crippen LogP contribution < -0.4 is 4.74 Å². The lowest BCUT2D eigenvalue weighted by Crippen LogP contribution is -2.17. The normalized spacial score (nSPS) is 12.4. The van der Waals surface area contributed by atoms with Gasteiger partial charge in [-0.3, -0.25) is 4.79 Å². The summed E-state index contributed by atoms with van der Waals surface area (Å²) in [6.07, 6.45) is 1.21. The Bertz CT molecular complexity index is 959. The number of phenolic OH excluding ortho intramolecular Hbond substituents is 1. The first-order chi connectivity index (χ1) is 12.2. The molecule has 0 spiro atoms. The SMILES string of the molecule is COc1cccc2c1C(=O)c1c(ccc(Cc3ccccc3)c1O)C2. The number of benzene rings is 3. The first-order valence-corrected chi connectivity index (χ1v) is 8.27. The van der Waals surface area contributed by atoms with Gasteiger partial charge in [0.05, 0.1) is 18.2 Å². The maximum atomic E-state index is 13.1. The lowest BCUT2D eigenvalue weighted by molar-refractivity contribution is 0.102. The monoisotopic (exact) mass is 330 g/mol. The minimum Gasteiger partial charge on any atom is -0.507 e. The van der Waals surface area contributed by atoms with Gasteiger partial charge in [-0.25, -0.2) is 0 Å². The predicted octanol–water partition coefficient (Wildman–Crippen LogP) is 4.13. The van der Waals surface area contributed by atoms with E-state index in [4.69, 9.17) is 4.74 Å². The van der Waals surface area contributed by atoms with E-state index in [2.05, 4.69) is 0 Å². The quantitative estimate of drug-likeness (QED) is 0.614. The van der Waals surface area contributed by atoms with Crippen LogP contribution in [0.2, 0.25) is 0 Å². The molecule has 0 radical (unpaired) electrons. The van der Waals surface area contributed by atoms with Crippen LogP contribution in [0, 0.1) is 0 Å². The molecule has 3 heteroatoms. The third-order valence-corrected chi connectivity index (χ3v) is 4.75. The Labute approximate surface area is 146 Å². The molecule has 3 aromatic rings. The van der Waals surface area contributed by atoms with Gasteiger partial charge in [-0.05, 0) is 34.7 Å². The maximum absolute atomic E-state index is 13.1. The van der Waals surface area contributed by atoms with E-state index in [1.54, 1.807) is 13.2 Å². The lowest BCUT2D eigenvalue weighted by atomic mass is 9.82. The van der Waals surface area contributed by atoms with E-state index < -0.39 is 0 Å². The first-order valence-electron chi connectivity index (χ1n) is 8.27. The number of rotatable bonds is 3. The molecule has 1 N–H and O–H groups in total. The molecule has 0 saturated heterocycles. The number of carbonyl (C=O) groups is 1. The van der Waals surface area contributed by atoms with E-state index >= 15 is 0 Å². The van der Waals surface area contributed by atoms with Gasteiger partial charge >= 0.3 is 0 Å². The van der Waals surface area contributed by atoms with Crippen LogP contribution in [0.4, 0.5) is 0 Å². The van der Waals surface area contributed by atoms with Crippen molar-refractivity contribution in [3.05, 3.63) is 94.0 Å². The van der Waals surface area contributed by atoms with Crippen molar-refractivity contribution in [2.45, 2.75) is 12.8 Å². The van der Waals surface area contributed by atoms with Gasteiger partial charge in [0.2, 0.25) is 5.78 Å². The number of ketones is 1. The summed E-state index contributed by atoms with van der Waals surface area (Å²) in [5.74, 6) is 0.477. The molecule has 0 fully saturated rings. The maximum Gasteiger partial charge on any atom is 0.201 e. The fraction of sp³-hybridized carbons (Fsp3) is 0.136. The van der Waals surface area contributed by atoms with E-state index in [0.29, 0.717) is 29.7 Å². The number of hydrogen-bond acceptors (Lipinski definition) is 3. The molecule has 1 aliphatic rings. The standard InChI is InChI=1S/C22H18O3/c1-25-18-9-5-8-15-13-16-10-11-17(12-14-6-3-2-4-7-14)21(23)20(16)22(24)19(15)18/h2-11,23H,12-13H2,1H3. The second kappa shape index (κ2) is 6.10. The zero-order chi connectivity index (χ0) is 17.4. The smallest absolute Gasteiger partial charge is 0.201 e. The van der Waals surface area contributed by atoms with Gasteiger partial charge in [-0.1, -0.05) is 54.6 Å². The van der Waals surface area contributed by atoms with E-state index in [1.807, 2.05) is 54.6 Å². The van der Waals surface area contributed by atoms with Crippen LogP contribution in [-0.2, 0) is 12.8 Å². The second-order valence-corrected chi connectivity index (χ2v) is 6.27. The molecule has 0 unspecified atom stereocenters. The lowest BCUT2D eigenvalue weighted by Gasteiger charge is -2.22. The van der Waals surface area contributed by atoms with E-state index in [1.165, 1.54) is 0 Å². The summed E-state index contributed by atoms with van der Waals surface area (Å²) in [4.78, 5) is 13.1. The number of phenols is 1. The molecule has 0 saturated carbocycles. The van der Waals surface area contributed by atoms with Crippen LogP contribution in [0.1, 0.15) is 38.2 Å². The summed E-state index contributed by atoms with van der Waals surface area (Å²) in [7, 11) is 1.56.